The molecule has 0 aromatic carbocycles. The summed E-state index contributed by atoms with van der Waals surface area (Å²) < 4.78 is 4.99. The van der Waals surface area contributed by atoms with Gasteiger partial charge in [-0.05, 0) is 0 Å². The van der Waals surface area contributed by atoms with Crippen molar-refractivity contribution in [1.82, 2.24) is 15.3 Å². The fourth-order valence-corrected chi connectivity index (χ4v) is 1.40. The predicted molar refractivity (Wildman–Crippen MR) is 49.1 cm³/mol. The number of carbonyl (C=O) groups is 1. The topological polar surface area (TPSA) is 44.8 Å². The van der Waals surface area contributed by atoms with Crippen LogP contribution in [0.25, 0.3) is 0 Å². The number of nitrogens with zero attached hydrogens (tertiary/aromatic N) is 2. The summed E-state index contributed by atoms with van der Waals surface area (Å²) in [7, 11) is 1.71. The molecule has 0 atom stereocenters. The van der Waals surface area contributed by atoms with Gasteiger partial charge in [-0.25, -0.2) is 5.01 Å². The Morgan fingerprint density at radius 1 is 1.38 bits per heavy atom. The molecule has 76 valence electrons. The number of carbonyl (C=O) groups excluding carboxylic acids is 1. The molecule has 1 aliphatic heterocycles. The van der Waals surface area contributed by atoms with Gasteiger partial charge in [0.15, 0.2) is 0 Å². The van der Waals surface area contributed by atoms with E-state index in [1.165, 1.54) is 0 Å². The van der Waals surface area contributed by atoms with Crippen molar-refractivity contribution >= 4 is 6.41 Å². The number of piperazine rings is 1. The molecule has 5 heteroatoms. The number of ether oxygens (including phenoxy) is 1. The second kappa shape index (κ2) is 5.90. The van der Waals surface area contributed by atoms with Gasteiger partial charge in [-0.15, -0.1) is 0 Å². The molecule has 1 heterocycles. The number of rotatable bonds is 5. The fourth-order valence-electron chi connectivity index (χ4n) is 1.40. The van der Waals surface area contributed by atoms with E-state index in [1.807, 2.05) is 5.01 Å². The number of hydrazine groups is 1. The van der Waals surface area contributed by atoms with E-state index in [4.69, 9.17) is 4.74 Å². The van der Waals surface area contributed by atoms with E-state index in [9.17, 15) is 4.79 Å². The van der Waals surface area contributed by atoms with Crippen molar-refractivity contribution in [2.45, 2.75) is 0 Å². The van der Waals surface area contributed by atoms with Crippen molar-refractivity contribution < 1.29 is 9.53 Å². The second-order valence-corrected chi connectivity index (χ2v) is 3.07. The first-order valence-corrected chi connectivity index (χ1v) is 4.53. The van der Waals surface area contributed by atoms with E-state index < -0.39 is 0 Å². The molecule has 0 aromatic rings. The summed E-state index contributed by atoms with van der Waals surface area (Å²) >= 11 is 0. The van der Waals surface area contributed by atoms with Crippen LogP contribution in [0.3, 0.4) is 0 Å². The largest absolute Gasteiger partial charge is 0.383 e. The van der Waals surface area contributed by atoms with Gasteiger partial charge in [0.05, 0.1) is 6.61 Å². The Balaban J connectivity index is 2.11. The predicted octanol–water partition coefficient (Wildman–Crippen LogP) is -1.09. The maximum absolute atomic E-state index is 10.1. The summed E-state index contributed by atoms with van der Waals surface area (Å²) in [6.07, 6.45) is 0.727. The number of nitrogens with one attached hydrogen (secondary N) is 1. The van der Waals surface area contributed by atoms with Gasteiger partial charge >= 0.3 is 0 Å². The number of amides is 1. The van der Waals surface area contributed by atoms with E-state index in [0.717, 1.165) is 45.7 Å². The lowest BCUT2D eigenvalue weighted by Crippen LogP contribution is -2.52. The molecule has 0 aliphatic carbocycles. The van der Waals surface area contributed by atoms with Crippen molar-refractivity contribution in [2.75, 3.05) is 46.4 Å². The lowest BCUT2D eigenvalue weighted by molar-refractivity contribution is -0.114. The Kier molecular flexibility index (Phi) is 4.74. The molecular formula is C8H17N3O2. The van der Waals surface area contributed by atoms with Crippen molar-refractivity contribution in [3.05, 3.63) is 0 Å². The standard InChI is InChI=1S/C8H17N3O2/c1-13-7-6-10-2-4-11(5-3-10)9-8-12/h8H,2-7H2,1H3,(H,9,12). The van der Waals surface area contributed by atoms with Crippen LogP contribution in [0.1, 0.15) is 0 Å². The summed E-state index contributed by atoms with van der Waals surface area (Å²) in [4.78, 5) is 12.5. The normalized spacial score (nSPS) is 20.1. The van der Waals surface area contributed by atoms with Gasteiger partial charge < -0.3 is 4.74 Å². The monoisotopic (exact) mass is 187 g/mol. The summed E-state index contributed by atoms with van der Waals surface area (Å²) in [6, 6.07) is 0. The van der Waals surface area contributed by atoms with Crippen molar-refractivity contribution in [1.29, 1.82) is 0 Å². The Hall–Kier alpha value is -0.650. The minimum absolute atomic E-state index is 0.727. The molecule has 1 N–H and O–H groups in total. The average molecular weight is 187 g/mol. The highest BCUT2D eigenvalue weighted by Crippen LogP contribution is 1.97. The molecule has 1 rings (SSSR count). The number of hydrogen-bond donors (Lipinski definition) is 1. The zero-order chi connectivity index (χ0) is 9.52. The third-order valence-electron chi connectivity index (χ3n) is 2.22. The van der Waals surface area contributed by atoms with Crippen LogP contribution in [0.2, 0.25) is 0 Å². The minimum atomic E-state index is 0.727. The zero-order valence-electron chi connectivity index (χ0n) is 8.03. The van der Waals surface area contributed by atoms with Crippen molar-refractivity contribution in [2.24, 2.45) is 0 Å². The van der Waals surface area contributed by atoms with Crippen LogP contribution in [-0.4, -0.2) is 62.8 Å². The first-order valence-electron chi connectivity index (χ1n) is 4.53. The molecule has 0 aromatic heterocycles. The lowest BCUT2D eigenvalue weighted by atomic mass is 10.3. The van der Waals surface area contributed by atoms with Gasteiger partial charge in [-0.2, -0.15) is 0 Å². The minimum Gasteiger partial charge on any atom is -0.383 e. The molecule has 0 unspecified atom stereocenters. The third kappa shape index (κ3) is 3.71. The Bertz CT molecular complexity index is 146. The Morgan fingerprint density at radius 3 is 2.62 bits per heavy atom. The average Bonchev–Trinajstić information content (AvgIpc) is 2.17. The van der Waals surface area contributed by atoms with Gasteiger partial charge in [-0.1, -0.05) is 0 Å². The molecule has 1 saturated heterocycles. The van der Waals surface area contributed by atoms with Gasteiger partial charge in [0, 0.05) is 39.8 Å². The van der Waals surface area contributed by atoms with Crippen LogP contribution in [0.15, 0.2) is 0 Å². The molecule has 1 fully saturated rings. The quantitative estimate of drug-likeness (QED) is 0.556. The number of methoxy groups -OCH3 is 1. The van der Waals surface area contributed by atoms with Crippen LogP contribution in [0.4, 0.5) is 0 Å². The van der Waals surface area contributed by atoms with Gasteiger partial charge in [0.2, 0.25) is 6.41 Å². The summed E-state index contributed by atoms with van der Waals surface area (Å²) in [6.45, 7) is 5.52. The lowest BCUT2D eigenvalue weighted by Gasteiger charge is -2.33. The highest BCUT2D eigenvalue weighted by Gasteiger charge is 2.15. The van der Waals surface area contributed by atoms with E-state index in [1.54, 1.807) is 7.11 Å². The molecule has 1 aliphatic rings. The molecular weight excluding hydrogens is 170 g/mol. The summed E-state index contributed by atoms with van der Waals surface area (Å²) in [5.41, 5.74) is 2.66. The van der Waals surface area contributed by atoms with Crippen LogP contribution in [0.5, 0.6) is 0 Å². The molecule has 0 bridgehead atoms. The zero-order valence-corrected chi connectivity index (χ0v) is 8.03. The highest BCUT2D eigenvalue weighted by atomic mass is 16.5. The summed E-state index contributed by atoms with van der Waals surface area (Å²) in [5.74, 6) is 0. The van der Waals surface area contributed by atoms with E-state index in [2.05, 4.69) is 10.3 Å². The maximum atomic E-state index is 10.1. The number of hydrogen-bond acceptors (Lipinski definition) is 4. The molecule has 0 spiro atoms. The van der Waals surface area contributed by atoms with Crippen molar-refractivity contribution in [3.63, 3.8) is 0 Å². The van der Waals surface area contributed by atoms with Gasteiger partial charge in [0.25, 0.3) is 0 Å². The second-order valence-electron chi connectivity index (χ2n) is 3.07. The Labute approximate surface area is 78.6 Å². The smallest absolute Gasteiger partial charge is 0.221 e. The van der Waals surface area contributed by atoms with E-state index in [-0.39, 0.29) is 0 Å². The molecule has 0 radical (unpaired) electrons. The molecule has 1 amide bonds. The third-order valence-corrected chi connectivity index (χ3v) is 2.22. The SMILES string of the molecule is COCCN1CCN(NC=O)CC1. The van der Waals surface area contributed by atoms with E-state index in [0.29, 0.717) is 0 Å². The molecule has 5 nitrogen and oxygen atoms in total. The first kappa shape index (κ1) is 10.4. The van der Waals surface area contributed by atoms with E-state index >= 15 is 0 Å². The van der Waals surface area contributed by atoms with Gasteiger partial charge in [0.1, 0.15) is 0 Å². The van der Waals surface area contributed by atoms with Crippen molar-refractivity contribution in [3.8, 4) is 0 Å². The fraction of sp³-hybridized carbons (Fsp3) is 0.875. The van der Waals surface area contributed by atoms with Crippen LogP contribution in [0, 0.1) is 0 Å². The summed E-state index contributed by atoms with van der Waals surface area (Å²) in [5, 5.41) is 1.93. The maximum Gasteiger partial charge on any atom is 0.221 e. The van der Waals surface area contributed by atoms with Gasteiger partial charge in [-0.3, -0.25) is 15.1 Å². The molecule has 0 saturated carbocycles. The Morgan fingerprint density at radius 2 is 2.08 bits per heavy atom. The van der Waals surface area contributed by atoms with Crippen LogP contribution in [-0.2, 0) is 9.53 Å². The van der Waals surface area contributed by atoms with Crippen LogP contribution >= 0.6 is 0 Å². The first-order chi connectivity index (χ1) is 6.36. The highest BCUT2D eigenvalue weighted by molar-refractivity contribution is 5.44. The van der Waals surface area contributed by atoms with Crippen LogP contribution < -0.4 is 5.43 Å². The molecule has 13 heavy (non-hydrogen) atoms.